The molecule has 0 spiro atoms. The molecule has 0 aliphatic carbocycles. The van der Waals surface area contributed by atoms with Gasteiger partial charge in [0.25, 0.3) is 0 Å². The van der Waals surface area contributed by atoms with Gasteiger partial charge in [-0.1, -0.05) is 0 Å². The van der Waals surface area contributed by atoms with Crippen LogP contribution in [0.5, 0.6) is 0 Å². The lowest BCUT2D eigenvalue weighted by atomic mass is 9.99. The smallest absolute Gasteiger partial charge is 0.0211 e. The Morgan fingerprint density at radius 1 is 1.56 bits per heavy atom. The zero-order chi connectivity index (χ0) is 6.85. The lowest BCUT2D eigenvalue weighted by molar-refractivity contribution is 0.222. The van der Waals surface area contributed by atoms with Crippen molar-refractivity contribution in [2.24, 2.45) is 0 Å². The molecule has 0 amide bonds. The van der Waals surface area contributed by atoms with E-state index in [-0.39, 0.29) is 0 Å². The van der Waals surface area contributed by atoms with Crippen LogP contribution in [0.25, 0.3) is 0 Å². The fourth-order valence-electron chi connectivity index (χ4n) is 1.37. The molecule has 0 aromatic heterocycles. The van der Waals surface area contributed by atoms with Gasteiger partial charge in [-0.25, -0.2) is 0 Å². The fourth-order valence-corrected chi connectivity index (χ4v) is 1.37. The summed E-state index contributed by atoms with van der Waals surface area (Å²) >= 11 is 0. The minimum absolute atomic E-state index is 0.759. The molecule has 1 N–H and O–H groups in total. The molecule has 1 saturated heterocycles. The molecule has 0 aromatic carbocycles. The van der Waals surface area contributed by atoms with Gasteiger partial charge in [-0.05, 0) is 27.4 Å². The number of nitrogens with zero attached hydrogens (tertiary/aromatic N) is 1. The van der Waals surface area contributed by atoms with Crippen LogP contribution in [0.3, 0.4) is 0 Å². The second kappa shape index (κ2) is 2.67. The Balaban J connectivity index is 2.04. The van der Waals surface area contributed by atoms with E-state index in [0.29, 0.717) is 0 Å². The second-order valence-electron chi connectivity index (χ2n) is 3.26. The fraction of sp³-hybridized carbons (Fsp3) is 1.00. The predicted molar refractivity (Wildman–Crippen MR) is 39.6 cm³/mol. The zero-order valence-electron chi connectivity index (χ0n) is 6.52. The minimum atomic E-state index is 0.759. The summed E-state index contributed by atoms with van der Waals surface area (Å²) in [7, 11) is 4.23. The Hall–Kier alpha value is -0.0800. The lowest BCUT2D eigenvalue weighted by Gasteiger charge is -2.36. The first kappa shape index (κ1) is 7.03. The van der Waals surface area contributed by atoms with Gasteiger partial charge in [0.15, 0.2) is 0 Å². The van der Waals surface area contributed by atoms with Gasteiger partial charge >= 0.3 is 0 Å². The molecule has 0 radical (unpaired) electrons. The highest BCUT2D eigenvalue weighted by Gasteiger charge is 2.23. The van der Waals surface area contributed by atoms with Crippen molar-refractivity contribution in [1.29, 1.82) is 0 Å². The van der Waals surface area contributed by atoms with Crippen LogP contribution in [0, 0.1) is 0 Å². The van der Waals surface area contributed by atoms with Gasteiger partial charge in [-0.2, -0.15) is 0 Å². The molecule has 54 valence electrons. The van der Waals surface area contributed by atoms with Gasteiger partial charge in [0.2, 0.25) is 0 Å². The topological polar surface area (TPSA) is 15.3 Å². The number of hydrogen-bond acceptors (Lipinski definition) is 2. The molecule has 1 fully saturated rings. The van der Waals surface area contributed by atoms with Gasteiger partial charge in [0, 0.05) is 18.6 Å². The van der Waals surface area contributed by atoms with E-state index in [0.717, 1.165) is 12.1 Å². The average molecular weight is 128 g/mol. The first-order valence-corrected chi connectivity index (χ1v) is 3.59. The van der Waals surface area contributed by atoms with E-state index in [2.05, 4.69) is 31.2 Å². The maximum Gasteiger partial charge on any atom is 0.0211 e. The van der Waals surface area contributed by atoms with Crippen LogP contribution in [0.2, 0.25) is 0 Å². The van der Waals surface area contributed by atoms with Crippen molar-refractivity contribution in [3.05, 3.63) is 0 Å². The largest absolute Gasteiger partial charge is 0.310 e. The molecule has 2 heteroatoms. The molecule has 2 atom stereocenters. The molecule has 2 unspecified atom stereocenters. The Morgan fingerprint density at radius 3 is 2.44 bits per heavy atom. The average Bonchev–Trinajstić information content (AvgIpc) is 1.60. The molecule has 0 saturated carbocycles. The molecule has 1 aliphatic heterocycles. The highest BCUT2D eigenvalue weighted by molar-refractivity contribution is 4.86. The summed E-state index contributed by atoms with van der Waals surface area (Å²) in [5.74, 6) is 0. The molecular formula is C7H16N2. The normalized spacial score (nSPS) is 34.7. The Kier molecular flexibility index (Phi) is 2.09. The maximum atomic E-state index is 3.43. The highest BCUT2D eigenvalue weighted by Crippen LogP contribution is 2.10. The van der Waals surface area contributed by atoms with Crippen LogP contribution in [-0.2, 0) is 0 Å². The minimum Gasteiger partial charge on any atom is -0.310 e. The molecule has 1 rings (SSSR count). The Labute approximate surface area is 57.2 Å². The SMILES string of the molecule is CC1CC(CN(C)C)N1. The predicted octanol–water partition coefficient (Wildman–Crippen LogP) is 0.298. The Bertz CT molecular complexity index is 84.9. The summed E-state index contributed by atoms with van der Waals surface area (Å²) in [6.07, 6.45) is 1.35. The Morgan fingerprint density at radius 2 is 2.11 bits per heavy atom. The third-order valence-electron chi connectivity index (χ3n) is 1.74. The van der Waals surface area contributed by atoms with Crippen molar-refractivity contribution < 1.29 is 0 Å². The first-order valence-electron chi connectivity index (χ1n) is 3.59. The molecular weight excluding hydrogens is 112 g/mol. The molecule has 1 aliphatic rings. The standard InChI is InChI=1S/C7H16N2/c1-6-4-7(8-6)5-9(2)3/h6-8H,4-5H2,1-3H3. The first-order chi connectivity index (χ1) is 4.18. The van der Waals surface area contributed by atoms with Crippen molar-refractivity contribution in [3.63, 3.8) is 0 Å². The number of hydrogen-bond donors (Lipinski definition) is 1. The second-order valence-corrected chi connectivity index (χ2v) is 3.26. The van der Waals surface area contributed by atoms with Gasteiger partial charge in [-0.3, -0.25) is 0 Å². The van der Waals surface area contributed by atoms with E-state index in [1.807, 2.05) is 0 Å². The zero-order valence-corrected chi connectivity index (χ0v) is 6.52. The van der Waals surface area contributed by atoms with Crippen molar-refractivity contribution >= 4 is 0 Å². The van der Waals surface area contributed by atoms with Crippen LogP contribution >= 0.6 is 0 Å². The van der Waals surface area contributed by atoms with E-state index in [1.54, 1.807) is 0 Å². The molecule has 0 bridgehead atoms. The molecule has 9 heavy (non-hydrogen) atoms. The summed E-state index contributed by atoms with van der Waals surface area (Å²) < 4.78 is 0. The van der Waals surface area contributed by atoms with E-state index in [4.69, 9.17) is 0 Å². The van der Waals surface area contributed by atoms with E-state index >= 15 is 0 Å². The van der Waals surface area contributed by atoms with E-state index in [9.17, 15) is 0 Å². The van der Waals surface area contributed by atoms with Gasteiger partial charge in [0.05, 0.1) is 0 Å². The summed E-state index contributed by atoms with van der Waals surface area (Å²) in [4.78, 5) is 2.23. The highest BCUT2D eigenvalue weighted by atomic mass is 15.1. The van der Waals surface area contributed by atoms with Crippen molar-refractivity contribution in [3.8, 4) is 0 Å². The lowest BCUT2D eigenvalue weighted by Crippen LogP contribution is -2.54. The summed E-state index contributed by atoms with van der Waals surface area (Å²) in [5.41, 5.74) is 0. The molecule has 1 heterocycles. The van der Waals surface area contributed by atoms with Crippen LogP contribution in [0.15, 0.2) is 0 Å². The van der Waals surface area contributed by atoms with Gasteiger partial charge < -0.3 is 10.2 Å². The maximum absolute atomic E-state index is 3.43. The molecule has 0 aromatic rings. The summed E-state index contributed by atoms with van der Waals surface area (Å²) in [6, 6.07) is 1.52. The third kappa shape index (κ3) is 1.95. The monoisotopic (exact) mass is 128 g/mol. The van der Waals surface area contributed by atoms with Crippen molar-refractivity contribution in [2.45, 2.75) is 25.4 Å². The van der Waals surface area contributed by atoms with Crippen LogP contribution in [0.1, 0.15) is 13.3 Å². The van der Waals surface area contributed by atoms with Gasteiger partial charge in [-0.15, -0.1) is 0 Å². The van der Waals surface area contributed by atoms with Crippen molar-refractivity contribution in [2.75, 3.05) is 20.6 Å². The number of likely N-dealkylation sites (N-methyl/N-ethyl adjacent to an activating group) is 1. The third-order valence-corrected chi connectivity index (χ3v) is 1.74. The van der Waals surface area contributed by atoms with Gasteiger partial charge in [0.1, 0.15) is 0 Å². The van der Waals surface area contributed by atoms with Crippen LogP contribution < -0.4 is 5.32 Å². The van der Waals surface area contributed by atoms with Crippen LogP contribution in [-0.4, -0.2) is 37.6 Å². The molecule has 2 nitrogen and oxygen atoms in total. The van der Waals surface area contributed by atoms with Crippen LogP contribution in [0.4, 0.5) is 0 Å². The number of nitrogens with one attached hydrogen (secondary N) is 1. The number of rotatable bonds is 2. The van der Waals surface area contributed by atoms with E-state index in [1.165, 1.54) is 13.0 Å². The summed E-state index contributed by atoms with van der Waals surface area (Å²) in [6.45, 7) is 3.41. The van der Waals surface area contributed by atoms with E-state index < -0.39 is 0 Å². The van der Waals surface area contributed by atoms with Crippen molar-refractivity contribution in [1.82, 2.24) is 10.2 Å². The summed E-state index contributed by atoms with van der Waals surface area (Å²) in [5, 5.41) is 3.43. The quantitative estimate of drug-likeness (QED) is 0.575.